The van der Waals surface area contributed by atoms with Gasteiger partial charge in [0.15, 0.2) is 0 Å². The van der Waals surface area contributed by atoms with Crippen LogP contribution in [0.4, 0.5) is 5.00 Å². The molecule has 1 heterocycles. The normalized spacial score (nSPS) is 10.3. The Morgan fingerprint density at radius 1 is 0.938 bits per heavy atom. The first-order valence-corrected chi connectivity index (χ1v) is 10.7. The van der Waals surface area contributed by atoms with E-state index in [2.05, 4.69) is 10.6 Å². The second kappa shape index (κ2) is 10.6. The second-order valence-electron chi connectivity index (χ2n) is 6.99. The molecule has 3 aromatic rings. The Morgan fingerprint density at radius 2 is 1.62 bits per heavy atom. The van der Waals surface area contributed by atoms with Crippen LogP contribution in [0.25, 0.3) is 0 Å². The highest BCUT2D eigenvalue weighted by Crippen LogP contribution is 2.34. The first kappa shape index (κ1) is 23.0. The number of thiophene rings is 1. The van der Waals surface area contributed by atoms with E-state index >= 15 is 0 Å². The fraction of sp³-hybridized carbons (Fsp3) is 0.208. The molecular weight excluding hydrogens is 428 g/mol. The van der Waals surface area contributed by atoms with E-state index in [0.717, 1.165) is 22.5 Å². The van der Waals surface area contributed by atoms with Crippen molar-refractivity contribution in [2.24, 2.45) is 0 Å². The monoisotopic (exact) mass is 452 g/mol. The van der Waals surface area contributed by atoms with Crippen molar-refractivity contribution >= 4 is 34.1 Å². The van der Waals surface area contributed by atoms with Crippen LogP contribution in [0.3, 0.4) is 0 Å². The number of methoxy groups -OCH3 is 2. The van der Waals surface area contributed by atoms with E-state index in [9.17, 15) is 14.4 Å². The largest absolute Gasteiger partial charge is 0.497 e. The number of rotatable bonds is 8. The van der Waals surface area contributed by atoms with Crippen LogP contribution in [-0.4, -0.2) is 32.0 Å². The number of carbonyl (C=O) groups excluding carboxylic acids is 3. The second-order valence-corrected chi connectivity index (χ2v) is 8.01. The van der Waals surface area contributed by atoms with Gasteiger partial charge in [0.1, 0.15) is 10.8 Å². The summed E-state index contributed by atoms with van der Waals surface area (Å²) in [7, 11) is 2.83. The van der Waals surface area contributed by atoms with Crippen molar-refractivity contribution in [3.8, 4) is 5.75 Å². The molecule has 0 aliphatic carbocycles. The third-order valence-electron chi connectivity index (χ3n) is 4.82. The quantitative estimate of drug-likeness (QED) is 0.505. The third kappa shape index (κ3) is 5.53. The molecule has 0 saturated heterocycles. The zero-order valence-corrected chi connectivity index (χ0v) is 18.9. The van der Waals surface area contributed by atoms with Gasteiger partial charge < -0.3 is 20.1 Å². The van der Waals surface area contributed by atoms with E-state index in [1.807, 2.05) is 30.3 Å². The molecule has 0 spiro atoms. The number of hydrogen-bond donors (Lipinski definition) is 2. The lowest BCUT2D eigenvalue weighted by molar-refractivity contribution is -0.115. The Morgan fingerprint density at radius 3 is 2.25 bits per heavy atom. The van der Waals surface area contributed by atoms with Gasteiger partial charge in [-0.2, -0.15) is 0 Å². The van der Waals surface area contributed by atoms with E-state index in [1.165, 1.54) is 7.11 Å². The van der Waals surface area contributed by atoms with E-state index in [1.54, 1.807) is 38.3 Å². The van der Waals surface area contributed by atoms with Crippen LogP contribution in [0.1, 0.15) is 36.7 Å². The summed E-state index contributed by atoms with van der Waals surface area (Å²) in [5, 5.41) is 5.90. The number of amides is 2. The smallest absolute Gasteiger partial charge is 0.341 e. The van der Waals surface area contributed by atoms with Gasteiger partial charge in [-0.1, -0.05) is 42.5 Å². The summed E-state index contributed by atoms with van der Waals surface area (Å²) >= 11 is 1.05. The van der Waals surface area contributed by atoms with E-state index < -0.39 is 5.97 Å². The molecule has 0 bridgehead atoms. The van der Waals surface area contributed by atoms with Crippen LogP contribution in [0.15, 0.2) is 54.6 Å². The predicted molar refractivity (Wildman–Crippen MR) is 123 cm³/mol. The summed E-state index contributed by atoms with van der Waals surface area (Å²) in [6.07, 6.45) is 0.108. The lowest BCUT2D eigenvalue weighted by atomic mass is 10.1. The number of esters is 1. The number of anilines is 1. The van der Waals surface area contributed by atoms with Crippen molar-refractivity contribution in [1.29, 1.82) is 0 Å². The van der Waals surface area contributed by atoms with Crippen LogP contribution >= 0.6 is 11.3 Å². The van der Waals surface area contributed by atoms with Gasteiger partial charge in [-0.15, -0.1) is 11.3 Å². The lowest BCUT2D eigenvalue weighted by Crippen LogP contribution is -2.22. The van der Waals surface area contributed by atoms with Gasteiger partial charge in [-0.3, -0.25) is 9.59 Å². The molecule has 0 fully saturated rings. The summed E-state index contributed by atoms with van der Waals surface area (Å²) < 4.78 is 10.00. The third-order valence-corrected chi connectivity index (χ3v) is 6.02. The summed E-state index contributed by atoms with van der Waals surface area (Å²) in [6, 6.07) is 16.6. The minimum atomic E-state index is -0.611. The van der Waals surface area contributed by atoms with Crippen LogP contribution < -0.4 is 15.4 Å². The zero-order valence-electron chi connectivity index (χ0n) is 18.1. The van der Waals surface area contributed by atoms with Crippen molar-refractivity contribution in [2.45, 2.75) is 19.9 Å². The lowest BCUT2D eigenvalue weighted by Gasteiger charge is -2.07. The van der Waals surface area contributed by atoms with E-state index in [4.69, 9.17) is 9.47 Å². The number of ether oxygens (including phenoxy) is 2. The molecule has 3 rings (SSSR count). The van der Waals surface area contributed by atoms with Crippen molar-refractivity contribution in [3.05, 3.63) is 81.7 Å². The Bertz CT molecular complexity index is 1110. The minimum absolute atomic E-state index is 0.108. The standard InChI is InChI=1S/C24H24N2O5S/c1-15-20(24(29)31-3)23(26-19(27)13-16-9-11-18(30-2)12-10-16)32-21(15)22(28)25-14-17-7-5-4-6-8-17/h4-12H,13-14H2,1-3H3,(H,25,28)(H,26,27). The van der Waals surface area contributed by atoms with E-state index in [0.29, 0.717) is 22.7 Å². The number of hydrogen-bond acceptors (Lipinski definition) is 6. The van der Waals surface area contributed by atoms with Crippen LogP contribution in [0, 0.1) is 6.92 Å². The average Bonchev–Trinajstić information content (AvgIpc) is 3.13. The molecule has 0 saturated carbocycles. The maximum Gasteiger partial charge on any atom is 0.341 e. The Hall–Kier alpha value is -3.65. The highest BCUT2D eigenvalue weighted by Gasteiger charge is 2.26. The predicted octanol–water partition coefficient (Wildman–Crippen LogP) is 3.96. The topological polar surface area (TPSA) is 93.7 Å². The molecule has 0 aliphatic heterocycles. The highest BCUT2D eigenvalue weighted by atomic mass is 32.1. The number of carbonyl (C=O) groups is 3. The Balaban J connectivity index is 1.77. The van der Waals surface area contributed by atoms with Crippen molar-refractivity contribution in [2.75, 3.05) is 19.5 Å². The molecule has 2 amide bonds. The molecule has 0 aliphatic rings. The maximum atomic E-state index is 12.8. The molecule has 0 unspecified atom stereocenters. The van der Waals surface area contributed by atoms with Crippen LogP contribution in [0.2, 0.25) is 0 Å². The fourth-order valence-electron chi connectivity index (χ4n) is 3.12. The fourth-order valence-corrected chi connectivity index (χ4v) is 4.25. The Kier molecular flexibility index (Phi) is 7.62. The van der Waals surface area contributed by atoms with Gasteiger partial charge >= 0.3 is 5.97 Å². The SMILES string of the molecule is COC(=O)c1c(NC(=O)Cc2ccc(OC)cc2)sc(C(=O)NCc2ccccc2)c1C. The first-order chi connectivity index (χ1) is 15.4. The first-order valence-electron chi connectivity index (χ1n) is 9.89. The van der Waals surface area contributed by atoms with Gasteiger partial charge in [-0.25, -0.2) is 4.79 Å². The molecule has 2 N–H and O–H groups in total. The molecule has 1 aromatic heterocycles. The van der Waals surface area contributed by atoms with Crippen molar-refractivity contribution < 1.29 is 23.9 Å². The molecule has 7 nitrogen and oxygen atoms in total. The van der Waals surface area contributed by atoms with Crippen molar-refractivity contribution in [1.82, 2.24) is 5.32 Å². The van der Waals surface area contributed by atoms with Gasteiger partial charge in [-0.05, 0) is 35.7 Å². The highest BCUT2D eigenvalue weighted by molar-refractivity contribution is 7.18. The van der Waals surface area contributed by atoms with Crippen LogP contribution in [0.5, 0.6) is 5.75 Å². The van der Waals surface area contributed by atoms with Gasteiger partial charge in [0.2, 0.25) is 5.91 Å². The van der Waals surface area contributed by atoms with Crippen molar-refractivity contribution in [3.63, 3.8) is 0 Å². The molecule has 0 atom stereocenters. The number of nitrogens with one attached hydrogen (secondary N) is 2. The molecule has 32 heavy (non-hydrogen) atoms. The Labute approximate surface area is 190 Å². The minimum Gasteiger partial charge on any atom is -0.497 e. The van der Waals surface area contributed by atoms with E-state index in [-0.39, 0.29) is 28.8 Å². The molecular formula is C24H24N2O5S. The average molecular weight is 453 g/mol. The number of benzene rings is 2. The molecule has 2 aromatic carbocycles. The van der Waals surface area contributed by atoms with Gasteiger partial charge in [0, 0.05) is 6.54 Å². The molecule has 8 heteroatoms. The maximum absolute atomic E-state index is 12.8. The van der Waals surface area contributed by atoms with Gasteiger partial charge in [0.25, 0.3) is 5.91 Å². The van der Waals surface area contributed by atoms with Gasteiger partial charge in [0.05, 0.1) is 31.1 Å². The molecule has 0 radical (unpaired) electrons. The molecule has 166 valence electrons. The summed E-state index contributed by atoms with van der Waals surface area (Å²) in [6.45, 7) is 2.02. The summed E-state index contributed by atoms with van der Waals surface area (Å²) in [4.78, 5) is 38.1. The van der Waals surface area contributed by atoms with Crippen LogP contribution in [-0.2, 0) is 22.5 Å². The summed E-state index contributed by atoms with van der Waals surface area (Å²) in [5.41, 5.74) is 2.39. The zero-order chi connectivity index (χ0) is 23.1. The summed E-state index contributed by atoms with van der Waals surface area (Å²) in [5.74, 6) is -0.544.